The number of hydrogen-bond donors (Lipinski definition) is 0. The van der Waals surface area contributed by atoms with Crippen molar-refractivity contribution in [3.8, 4) is 0 Å². The lowest BCUT2D eigenvalue weighted by atomic mass is 9.89. The molecular formula is C12H18O3. The Balaban J connectivity index is 1.98. The molecule has 0 aromatic carbocycles. The predicted molar refractivity (Wildman–Crippen MR) is 56.4 cm³/mol. The molecule has 2 aliphatic rings. The van der Waals surface area contributed by atoms with E-state index in [1.165, 1.54) is 0 Å². The molecule has 0 aromatic rings. The van der Waals surface area contributed by atoms with Crippen molar-refractivity contribution in [3.05, 3.63) is 12.2 Å². The maximum Gasteiger partial charge on any atom is 0.167 e. The molecule has 84 valence electrons. The van der Waals surface area contributed by atoms with Crippen molar-refractivity contribution < 1.29 is 14.3 Å². The van der Waals surface area contributed by atoms with Gasteiger partial charge in [-0.1, -0.05) is 12.2 Å². The summed E-state index contributed by atoms with van der Waals surface area (Å²) < 4.78 is 11.5. The molecule has 1 saturated heterocycles. The average molecular weight is 210 g/mol. The third kappa shape index (κ3) is 2.13. The Hall–Kier alpha value is -0.670. The zero-order chi connectivity index (χ0) is 11.1. The van der Waals surface area contributed by atoms with Crippen LogP contribution in [0.15, 0.2) is 12.2 Å². The molecule has 0 spiro atoms. The van der Waals surface area contributed by atoms with Gasteiger partial charge in [-0.2, -0.15) is 0 Å². The molecule has 0 saturated carbocycles. The summed E-state index contributed by atoms with van der Waals surface area (Å²) in [7, 11) is 0. The van der Waals surface area contributed by atoms with Crippen molar-refractivity contribution in [2.75, 3.05) is 0 Å². The van der Waals surface area contributed by atoms with Crippen molar-refractivity contribution in [3.63, 3.8) is 0 Å². The lowest BCUT2D eigenvalue weighted by Gasteiger charge is -2.29. The Morgan fingerprint density at radius 1 is 1.53 bits per heavy atom. The van der Waals surface area contributed by atoms with Crippen LogP contribution in [0.3, 0.4) is 0 Å². The van der Waals surface area contributed by atoms with Crippen molar-refractivity contribution in [2.45, 2.75) is 51.6 Å². The second-order valence-electron chi connectivity index (χ2n) is 4.73. The fraction of sp³-hybridized carbons (Fsp3) is 0.750. The first-order valence-corrected chi connectivity index (χ1v) is 5.53. The maximum atomic E-state index is 11.3. The third-order valence-electron chi connectivity index (χ3n) is 3.12. The van der Waals surface area contributed by atoms with Gasteiger partial charge in [0.1, 0.15) is 6.10 Å². The van der Waals surface area contributed by atoms with Crippen LogP contribution in [0.4, 0.5) is 0 Å². The van der Waals surface area contributed by atoms with E-state index in [0.29, 0.717) is 5.92 Å². The lowest BCUT2D eigenvalue weighted by Crippen LogP contribution is -2.31. The van der Waals surface area contributed by atoms with Crippen LogP contribution in [-0.4, -0.2) is 23.8 Å². The van der Waals surface area contributed by atoms with E-state index < -0.39 is 5.79 Å². The summed E-state index contributed by atoms with van der Waals surface area (Å²) in [6.45, 7) is 5.38. The number of ketones is 1. The van der Waals surface area contributed by atoms with Crippen molar-refractivity contribution in [1.29, 1.82) is 0 Å². The second-order valence-corrected chi connectivity index (χ2v) is 4.73. The zero-order valence-electron chi connectivity index (χ0n) is 9.53. The largest absolute Gasteiger partial charge is 0.344 e. The van der Waals surface area contributed by atoms with E-state index in [1.54, 1.807) is 6.92 Å². The summed E-state index contributed by atoms with van der Waals surface area (Å²) in [5.41, 5.74) is 0. The first-order valence-electron chi connectivity index (χ1n) is 5.53. The quantitative estimate of drug-likeness (QED) is 0.669. The number of Topliss-reactive ketones (excluding diaryl/α,β-unsaturated/α-hetero) is 1. The summed E-state index contributed by atoms with van der Waals surface area (Å²) in [6.07, 6.45) is 5.74. The molecule has 0 radical (unpaired) electrons. The van der Waals surface area contributed by atoms with E-state index in [-0.39, 0.29) is 18.0 Å². The SMILES string of the molecule is CC(=O)[C@H]1OC(C)(CC2C=CC2)O[C@H]1C. The molecule has 0 N–H and O–H groups in total. The van der Waals surface area contributed by atoms with Crippen molar-refractivity contribution in [1.82, 2.24) is 0 Å². The minimum Gasteiger partial charge on any atom is -0.344 e. The first-order chi connectivity index (χ1) is 7.00. The molecule has 3 heteroatoms. The molecule has 2 rings (SSSR count). The fourth-order valence-electron chi connectivity index (χ4n) is 2.31. The van der Waals surface area contributed by atoms with Crippen LogP contribution in [0.25, 0.3) is 0 Å². The van der Waals surface area contributed by atoms with Gasteiger partial charge < -0.3 is 9.47 Å². The van der Waals surface area contributed by atoms with E-state index in [0.717, 1.165) is 12.8 Å². The number of rotatable bonds is 3. The summed E-state index contributed by atoms with van der Waals surface area (Å²) in [5, 5.41) is 0. The van der Waals surface area contributed by atoms with Crippen LogP contribution >= 0.6 is 0 Å². The van der Waals surface area contributed by atoms with Crippen LogP contribution in [0.5, 0.6) is 0 Å². The highest BCUT2D eigenvalue weighted by Gasteiger charge is 2.45. The molecule has 0 bridgehead atoms. The minimum absolute atomic E-state index is 0.0513. The number of carbonyl (C=O) groups excluding carboxylic acids is 1. The van der Waals surface area contributed by atoms with Gasteiger partial charge in [0, 0.05) is 6.42 Å². The van der Waals surface area contributed by atoms with Gasteiger partial charge in [0.25, 0.3) is 0 Å². The molecular weight excluding hydrogens is 192 g/mol. The Labute approximate surface area is 90.4 Å². The van der Waals surface area contributed by atoms with E-state index in [2.05, 4.69) is 12.2 Å². The Kier molecular flexibility index (Phi) is 2.69. The highest BCUT2D eigenvalue weighted by atomic mass is 16.8. The highest BCUT2D eigenvalue weighted by Crippen LogP contribution is 2.37. The standard InChI is InChI=1S/C12H18O3/c1-8(13)11-9(2)14-12(3,15-11)7-10-5-4-6-10/h4-5,9-11H,6-7H2,1-3H3/t9-,10?,11+,12?/m0/s1. The van der Waals surface area contributed by atoms with Crippen LogP contribution < -0.4 is 0 Å². The van der Waals surface area contributed by atoms with E-state index in [4.69, 9.17) is 9.47 Å². The van der Waals surface area contributed by atoms with Gasteiger partial charge in [0.2, 0.25) is 0 Å². The average Bonchev–Trinajstić information content (AvgIpc) is 2.36. The molecule has 1 aliphatic heterocycles. The second kappa shape index (κ2) is 3.72. The smallest absolute Gasteiger partial charge is 0.167 e. The van der Waals surface area contributed by atoms with Gasteiger partial charge >= 0.3 is 0 Å². The Morgan fingerprint density at radius 2 is 2.20 bits per heavy atom. The molecule has 4 atom stereocenters. The van der Waals surface area contributed by atoms with Crippen molar-refractivity contribution in [2.24, 2.45) is 5.92 Å². The lowest BCUT2D eigenvalue weighted by molar-refractivity contribution is -0.173. The highest BCUT2D eigenvalue weighted by molar-refractivity contribution is 5.81. The third-order valence-corrected chi connectivity index (χ3v) is 3.12. The van der Waals surface area contributed by atoms with Gasteiger partial charge in [0.05, 0.1) is 6.10 Å². The molecule has 15 heavy (non-hydrogen) atoms. The molecule has 0 aromatic heterocycles. The maximum absolute atomic E-state index is 11.3. The minimum atomic E-state index is -0.578. The number of allylic oxidation sites excluding steroid dienone is 2. The molecule has 1 fully saturated rings. The van der Waals surface area contributed by atoms with Crippen LogP contribution in [0.2, 0.25) is 0 Å². The Morgan fingerprint density at radius 3 is 2.60 bits per heavy atom. The number of hydrogen-bond acceptors (Lipinski definition) is 3. The monoisotopic (exact) mass is 210 g/mol. The van der Waals surface area contributed by atoms with E-state index >= 15 is 0 Å². The van der Waals surface area contributed by atoms with Crippen LogP contribution in [-0.2, 0) is 14.3 Å². The van der Waals surface area contributed by atoms with Gasteiger partial charge in [-0.15, -0.1) is 0 Å². The van der Waals surface area contributed by atoms with Crippen molar-refractivity contribution >= 4 is 5.78 Å². The number of ether oxygens (including phenoxy) is 2. The summed E-state index contributed by atoms with van der Waals surface area (Å²) in [4.78, 5) is 11.3. The molecule has 1 aliphatic carbocycles. The fourth-order valence-corrected chi connectivity index (χ4v) is 2.31. The normalized spacial score (nSPS) is 44.1. The summed E-state index contributed by atoms with van der Waals surface area (Å²) in [5.74, 6) is 0.0221. The molecule has 0 amide bonds. The first kappa shape index (κ1) is 10.8. The van der Waals surface area contributed by atoms with E-state index in [1.807, 2.05) is 13.8 Å². The Bertz CT molecular complexity index is 297. The zero-order valence-corrected chi connectivity index (χ0v) is 9.53. The van der Waals surface area contributed by atoms with Crippen LogP contribution in [0.1, 0.15) is 33.6 Å². The summed E-state index contributed by atoms with van der Waals surface area (Å²) >= 11 is 0. The predicted octanol–water partition coefficient (Wildman–Crippen LogP) is 2.06. The van der Waals surface area contributed by atoms with Crippen LogP contribution in [0, 0.1) is 5.92 Å². The molecule has 2 unspecified atom stereocenters. The van der Waals surface area contributed by atoms with E-state index in [9.17, 15) is 4.79 Å². The summed E-state index contributed by atoms with van der Waals surface area (Å²) in [6, 6.07) is 0. The van der Waals surface area contributed by atoms with Gasteiger partial charge in [0.15, 0.2) is 11.6 Å². The molecule has 1 heterocycles. The van der Waals surface area contributed by atoms with Gasteiger partial charge in [-0.3, -0.25) is 4.79 Å². The topological polar surface area (TPSA) is 35.5 Å². The van der Waals surface area contributed by atoms with Gasteiger partial charge in [-0.05, 0) is 33.1 Å². The molecule has 3 nitrogen and oxygen atoms in total. The number of carbonyl (C=O) groups is 1. The van der Waals surface area contributed by atoms with Gasteiger partial charge in [-0.25, -0.2) is 0 Å².